The minimum Gasteiger partial charge on any atom is -0.497 e. The number of benzene rings is 1. The van der Waals surface area contributed by atoms with E-state index in [1.165, 1.54) is 5.69 Å². The average molecular weight is 315 g/mol. The van der Waals surface area contributed by atoms with Crippen molar-refractivity contribution in [2.45, 2.75) is 38.0 Å². The van der Waals surface area contributed by atoms with Crippen LogP contribution in [0.1, 0.15) is 31.0 Å². The molecule has 0 unspecified atom stereocenters. The molecule has 0 amide bonds. The number of nitrogens with zero attached hydrogens (tertiary/aromatic N) is 3. The second kappa shape index (κ2) is 6.34. The van der Waals surface area contributed by atoms with Gasteiger partial charge >= 0.3 is 0 Å². The van der Waals surface area contributed by atoms with Crippen LogP contribution in [0.5, 0.6) is 5.75 Å². The molecule has 0 saturated carbocycles. The first-order valence-corrected chi connectivity index (χ1v) is 8.10. The number of hydrogen-bond donors (Lipinski definition) is 1. The van der Waals surface area contributed by atoms with Crippen molar-refractivity contribution in [2.24, 2.45) is 7.05 Å². The summed E-state index contributed by atoms with van der Waals surface area (Å²) in [5.74, 6) is 0.808. The SMILES string of the molecule is COc1ccc([C@@](C)(O)[C@@H]2CCCN2Cc2ccnn2C)cc1. The summed E-state index contributed by atoms with van der Waals surface area (Å²) in [4.78, 5) is 2.36. The highest BCUT2D eigenvalue weighted by Crippen LogP contribution is 2.36. The molecule has 1 saturated heterocycles. The van der Waals surface area contributed by atoms with E-state index in [0.717, 1.165) is 37.2 Å². The van der Waals surface area contributed by atoms with Crippen LogP contribution in [0.3, 0.4) is 0 Å². The number of methoxy groups -OCH3 is 1. The third-order valence-electron chi connectivity index (χ3n) is 4.97. The maximum atomic E-state index is 11.2. The molecule has 0 aliphatic carbocycles. The number of rotatable bonds is 5. The summed E-state index contributed by atoms with van der Waals surface area (Å²) in [6, 6.07) is 9.87. The second-order valence-corrected chi connectivity index (χ2v) is 6.45. The third kappa shape index (κ3) is 3.12. The second-order valence-electron chi connectivity index (χ2n) is 6.45. The van der Waals surface area contributed by atoms with Crippen LogP contribution in [-0.2, 0) is 19.2 Å². The molecule has 1 aromatic heterocycles. The van der Waals surface area contributed by atoms with Gasteiger partial charge in [0.25, 0.3) is 0 Å². The molecule has 3 rings (SSSR count). The van der Waals surface area contributed by atoms with Crippen molar-refractivity contribution in [2.75, 3.05) is 13.7 Å². The van der Waals surface area contributed by atoms with Gasteiger partial charge in [-0.3, -0.25) is 9.58 Å². The van der Waals surface area contributed by atoms with Gasteiger partial charge in [-0.15, -0.1) is 0 Å². The van der Waals surface area contributed by atoms with Gasteiger partial charge in [-0.2, -0.15) is 5.10 Å². The highest BCUT2D eigenvalue weighted by molar-refractivity contribution is 5.31. The predicted octanol–water partition coefficient (Wildman–Crippen LogP) is 2.30. The molecule has 1 aromatic carbocycles. The van der Waals surface area contributed by atoms with E-state index in [4.69, 9.17) is 4.74 Å². The lowest BCUT2D eigenvalue weighted by molar-refractivity contribution is -0.0260. The van der Waals surface area contributed by atoms with E-state index in [9.17, 15) is 5.11 Å². The van der Waals surface area contributed by atoms with E-state index < -0.39 is 5.60 Å². The summed E-state index contributed by atoms with van der Waals surface area (Å²) in [5, 5.41) is 15.4. The van der Waals surface area contributed by atoms with Gasteiger partial charge in [0, 0.05) is 25.8 Å². The molecular weight excluding hydrogens is 290 g/mol. The molecule has 1 aliphatic heterocycles. The molecule has 2 atom stereocenters. The Morgan fingerprint density at radius 2 is 2.04 bits per heavy atom. The third-order valence-corrected chi connectivity index (χ3v) is 4.97. The first-order chi connectivity index (χ1) is 11.0. The quantitative estimate of drug-likeness (QED) is 0.920. The number of hydrogen-bond acceptors (Lipinski definition) is 4. The van der Waals surface area contributed by atoms with Gasteiger partial charge in [-0.1, -0.05) is 12.1 Å². The van der Waals surface area contributed by atoms with Crippen LogP contribution in [0.4, 0.5) is 0 Å². The molecule has 5 nitrogen and oxygen atoms in total. The van der Waals surface area contributed by atoms with E-state index >= 15 is 0 Å². The van der Waals surface area contributed by atoms with Gasteiger partial charge < -0.3 is 9.84 Å². The highest BCUT2D eigenvalue weighted by Gasteiger charge is 2.40. The van der Waals surface area contributed by atoms with E-state index in [1.54, 1.807) is 7.11 Å². The Bertz CT molecular complexity index is 649. The molecule has 1 N–H and O–H groups in total. The van der Waals surface area contributed by atoms with Crippen molar-refractivity contribution in [1.82, 2.24) is 14.7 Å². The Morgan fingerprint density at radius 3 is 2.65 bits per heavy atom. The van der Waals surface area contributed by atoms with Gasteiger partial charge in [0.2, 0.25) is 0 Å². The molecule has 2 aromatic rings. The Labute approximate surface area is 137 Å². The normalized spacial score (nSPS) is 21.3. The fraction of sp³-hybridized carbons (Fsp3) is 0.500. The Morgan fingerprint density at radius 1 is 1.30 bits per heavy atom. The van der Waals surface area contributed by atoms with Crippen molar-refractivity contribution in [3.05, 3.63) is 47.8 Å². The smallest absolute Gasteiger partial charge is 0.118 e. The minimum atomic E-state index is -0.888. The molecule has 5 heteroatoms. The van der Waals surface area contributed by atoms with Crippen molar-refractivity contribution in [1.29, 1.82) is 0 Å². The fourth-order valence-electron chi connectivity index (χ4n) is 3.54. The first kappa shape index (κ1) is 16.0. The topological polar surface area (TPSA) is 50.5 Å². The minimum absolute atomic E-state index is 0.103. The van der Waals surface area contributed by atoms with Crippen LogP contribution >= 0.6 is 0 Å². The van der Waals surface area contributed by atoms with Crippen molar-refractivity contribution >= 4 is 0 Å². The number of likely N-dealkylation sites (tertiary alicyclic amines) is 1. The number of ether oxygens (including phenoxy) is 1. The van der Waals surface area contributed by atoms with Crippen molar-refractivity contribution < 1.29 is 9.84 Å². The van der Waals surface area contributed by atoms with Crippen molar-refractivity contribution in [3.8, 4) is 5.75 Å². The Balaban J connectivity index is 1.80. The molecule has 1 fully saturated rings. The predicted molar refractivity (Wildman–Crippen MR) is 89.2 cm³/mol. The molecule has 0 radical (unpaired) electrons. The van der Waals surface area contributed by atoms with E-state index in [0.29, 0.717) is 0 Å². The molecule has 0 bridgehead atoms. The van der Waals surface area contributed by atoms with Gasteiger partial charge in [0.1, 0.15) is 11.4 Å². The first-order valence-electron chi connectivity index (χ1n) is 8.10. The summed E-state index contributed by atoms with van der Waals surface area (Å²) in [5.41, 5.74) is 1.21. The van der Waals surface area contributed by atoms with E-state index in [2.05, 4.69) is 10.00 Å². The lowest BCUT2D eigenvalue weighted by atomic mass is 9.86. The van der Waals surface area contributed by atoms with Crippen LogP contribution in [0.15, 0.2) is 36.5 Å². The molecule has 2 heterocycles. The zero-order valence-electron chi connectivity index (χ0n) is 14.1. The molecular formula is C18H25N3O2. The van der Waals surface area contributed by atoms with Crippen LogP contribution < -0.4 is 4.74 Å². The summed E-state index contributed by atoms with van der Waals surface area (Å²) in [7, 11) is 3.61. The standard InChI is InChI=1S/C18H25N3O2/c1-18(22,14-6-8-16(23-3)9-7-14)17-5-4-12-21(17)13-15-10-11-19-20(15)2/h6-11,17,22H,4-5,12-13H2,1-3H3/t17-,18+/m0/s1. The fourth-order valence-corrected chi connectivity index (χ4v) is 3.54. The molecule has 1 aliphatic rings. The summed E-state index contributed by atoms with van der Waals surface area (Å²) in [6.07, 6.45) is 3.92. The molecule has 124 valence electrons. The lowest BCUT2D eigenvalue weighted by Gasteiger charge is -2.37. The number of aryl methyl sites for hydroxylation is 1. The molecule has 23 heavy (non-hydrogen) atoms. The van der Waals surface area contributed by atoms with Crippen molar-refractivity contribution in [3.63, 3.8) is 0 Å². The van der Waals surface area contributed by atoms with Gasteiger partial charge in [-0.05, 0) is 50.1 Å². The zero-order chi connectivity index (χ0) is 16.4. The van der Waals surface area contributed by atoms with Gasteiger partial charge in [0.05, 0.1) is 12.8 Å². The Kier molecular flexibility index (Phi) is 4.41. The monoisotopic (exact) mass is 315 g/mol. The maximum absolute atomic E-state index is 11.2. The number of aliphatic hydroxyl groups is 1. The van der Waals surface area contributed by atoms with Crippen LogP contribution in [-0.4, -0.2) is 39.5 Å². The van der Waals surface area contributed by atoms with E-state index in [1.807, 2.05) is 55.2 Å². The van der Waals surface area contributed by atoms with Crippen LogP contribution in [0.2, 0.25) is 0 Å². The zero-order valence-corrected chi connectivity index (χ0v) is 14.1. The Hall–Kier alpha value is -1.85. The number of aromatic nitrogens is 2. The average Bonchev–Trinajstić information content (AvgIpc) is 3.18. The van der Waals surface area contributed by atoms with Gasteiger partial charge in [-0.25, -0.2) is 0 Å². The van der Waals surface area contributed by atoms with Gasteiger partial charge in [0.15, 0.2) is 0 Å². The summed E-state index contributed by atoms with van der Waals surface area (Å²) in [6.45, 7) is 3.73. The lowest BCUT2D eigenvalue weighted by Crippen LogP contribution is -2.45. The molecule has 0 spiro atoms. The largest absolute Gasteiger partial charge is 0.497 e. The van der Waals surface area contributed by atoms with E-state index in [-0.39, 0.29) is 6.04 Å². The maximum Gasteiger partial charge on any atom is 0.118 e. The van der Waals surface area contributed by atoms with Crippen LogP contribution in [0.25, 0.3) is 0 Å². The highest BCUT2D eigenvalue weighted by atomic mass is 16.5. The summed E-state index contributed by atoms with van der Waals surface area (Å²) >= 11 is 0. The summed E-state index contributed by atoms with van der Waals surface area (Å²) < 4.78 is 7.11. The van der Waals surface area contributed by atoms with Crippen LogP contribution in [0, 0.1) is 0 Å².